The van der Waals surface area contributed by atoms with Crippen LogP contribution in [0.25, 0.3) is 0 Å². The van der Waals surface area contributed by atoms with Crippen LogP contribution in [0, 0.1) is 16.7 Å². The van der Waals surface area contributed by atoms with Gasteiger partial charge < -0.3 is 14.4 Å². The molecule has 0 aromatic carbocycles. The predicted octanol–water partition coefficient (Wildman–Crippen LogP) is 0.717. The molecule has 0 bridgehead atoms. The number of esters is 1. The van der Waals surface area contributed by atoms with Crippen molar-refractivity contribution in [3.63, 3.8) is 0 Å². The number of methoxy groups -OCH3 is 1. The van der Waals surface area contributed by atoms with E-state index in [9.17, 15) is 14.9 Å². The number of rotatable bonds is 4. The van der Waals surface area contributed by atoms with Gasteiger partial charge in [-0.3, -0.25) is 4.79 Å². The molecule has 0 spiro atoms. The van der Waals surface area contributed by atoms with Crippen molar-refractivity contribution in [3.05, 3.63) is 0 Å². The largest absolute Gasteiger partial charge is 0.467 e. The van der Waals surface area contributed by atoms with Crippen LogP contribution in [0.4, 0.5) is 0 Å². The molecule has 6 heteroatoms. The molecule has 106 valence electrons. The number of ether oxygens (including phenoxy) is 2. The first-order valence-electron chi connectivity index (χ1n) is 6.44. The van der Waals surface area contributed by atoms with E-state index in [1.54, 1.807) is 0 Å². The van der Waals surface area contributed by atoms with Gasteiger partial charge in [-0.05, 0) is 12.8 Å². The Morgan fingerprint density at radius 3 is 2.58 bits per heavy atom. The Bertz CT molecular complexity index is 385. The Hall–Kier alpha value is -1.61. The first kappa shape index (κ1) is 15.4. The Labute approximate surface area is 113 Å². The van der Waals surface area contributed by atoms with Crippen molar-refractivity contribution in [2.75, 3.05) is 26.8 Å². The molecule has 0 N–H and O–H groups in total. The number of nitrogens with zero attached hydrogens (tertiary/aromatic N) is 2. The van der Waals surface area contributed by atoms with E-state index in [1.807, 2.05) is 13.8 Å². The fourth-order valence-corrected chi connectivity index (χ4v) is 2.17. The quantitative estimate of drug-likeness (QED) is 0.702. The number of morpholine rings is 1. The summed E-state index contributed by atoms with van der Waals surface area (Å²) in [5.74, 6) is -0.717. The fraction of sp³-hybridized carbons (Fsp3) is 0.769. The summed E-state index contributed by atoms with van der Waals surface area (Å²) in [6, 6.07) is 2.12. The minimum atomic E-state index is -1.00. The van der Waals surface area contributed by atoms with Crippen LogP contribution in [0.5, 0.6) is 0 Å². The summed E-state index contributed by atoms with van der Waals surface area (Å²) in [7, 11) is 1.28. The zero-order valence-corrected chi connectivity index (χ0v) is 11.6. The lowest BCUT2D eigenvalue weighted by Crippen LogP contribution is -2.53. The minimum Gasteiger partial charge on any atom is -0.467 e. The molecule has 1 amide bonds. The second-order valence-corrected chi connectivity index (χ2v) is 4.53. The highest BCUT2D eigenvalue weighted by Gasteiger charge is 2.41. The number of carbonyl (C=O) groups excluding carboxylic acids is 2. The van der Waals surface area contributed by atoms with Gasteiger partial charge in [0, 0.05) is 6.54 Å². The number of hydrogen-bond acceptors (Lipinski definition) is 5. The first-order valence-corrected chi connectivity index (χ1v) is 6.44. The van der Waals surface area contributed by atoms with E-state index in [-0.39, 0.29) is 19.1 Å². The summed E-state index contributed by atoms with van der Waals surface area (Å²) in [4.78, 5) is 25.4. The molecule has 0 aromatic heterocycles. The lowest BCUT2D eigenvalue weighted by Gasteiger charge is -2.36. The third-order valence-electron chi connectivity index (χ3n) is 3.65. The van der Waals surface area contributed by atoms with E-state index in [0.717, 1.165) is 0 Å². The second-order valence-electron chi connectivity index (χ2n) is 4.53. The minimum absolute atomic E-state index is 0.148. The Balaban J connectivity index is 2.82. The fourth-order valence-electron chi connectivity index (χ4n) is 2.17. The van der Waals surface area contributed by atoms with Crippen LogP contribution in [0.3, 0.4) is 0 Å². The maximum absolute atomic E-state index is 12.5. The molecule has 1 heterocycles. The summed E-state index contributed by atoms with van der Waals surface area (Å²) in [6.45, 7) is 4.47. The molecule has 1 aliphatic heterocycles. The van der Waals surface area contributed by atoms with Crippen molar-refractivity contribution < 1.29 is 19.1 Å². The summed E-state index contributed by atoms with van der Waals surface area (Å²) >= 11 is 0. The molecule has 0 radical (unpaired) electrons. The van der Waals surface area contributed by atoms with Gasteiger partial charge in [-0.1, -0.05) is 13.8 Å². The van der Waals surface area contributed by atoms with Crippen molar-refractivity contribution >= 4 is 11.9 Å². The highest BCUT2D eigenvalue weighted by atomic mass is 16.6. The van der Waals surface area contributed by atoms with Crippen molar-refractivity contribution in [2.45, 2.75) is 32.8 Å². The smallest absolute Gasteiger partial charge is 0.336 e. The molecule has 1 saturated heterocycles. The Kier molecular flexibility index (Phi) is 5.31. The average Bonchev–Trinajstić information content (AvgIpc) is 2.48. The zero-order chi connectivity index (χ0) is 14.5. The zero-order valence-electron chi connectivity index (χ0n) is 11.6. The topological polar surface area (TPSA) is 79.6 Å². The molecule has 1 fully saturated rings. The van der Waals surface area contributed by atoms with Crippen molar-refractivity contribution in [1.29, 1.82) is 5.26 Å². The summed E-state index contributed by atoms with van der Waals surface area (Å²) in [5, 5.41) is 9.28. The molecule has 19 heavy (non-hydrogen) atoms. The SMILES string of the molecule is CCC(C#N)(CC)C(=O)N1CCOC(C(=O)OC)C1. The molecule has 0 aliphatic carbocycles. The Morgan fingerprint density at radius 2 is 2.11 bits per heavy atom. The third kappa shape index (κ3) is 3.04. The average molecular weight is 268 g/mol. The van der Waals surface area contributed by atoms with E-state index >= 15 is 0 Å². The van der Waals surface area contributed by atoms with E-state index in [2.05, 4.69) is 10.8 Å². The van der Waals surface area contributed by atoms with Gasteiger partial charge in [0.05, 0.1) is 26.3 Å². The molecule has 1 atom stereocenters. The molecule has 0 aromatic rings. The third-order valence-corrected chi connectivity index (χ3v) is 3.65. The van der Waals surface area contributed by atoms with Crippen molar-refractivity contribution in [2.24, 2.45) is 5.41 Å². The molecular weight excluding hydrogens is 248 g/mol. The van der Waals surface area contributed by atoms with Gasteiger partial charge in [0.25, 0.3) is 0 Å². The molecule has 1 unspecified atom stereocenters. The highest BCUT2D eigenvalue weighted by Crippen LogP contribution is 2.29. The van der Waals surface area contributed by atoms with Crippen molar-refractivity contribution in [1.82, 2.24) is 4.90 Å². The van der Waals surface area contributed by atoms with Gasteiger partial charge in [0.2, 0.25) is 5.91 Å². The normalized spacial score (nSPS) is 19.7. The van der Waals surface area contributed by atoms with E-state index < -0.39 is 17.5 Å². The molecule has 1 rings (SSSR count). The standard InChI is InChI=1S/C13H20N2O4/c1-4-13(5-2,9-14)12(17)15-6-7-19-10(8-15)11(16)18-3/h10H,4-8H2,1-3H3. The van der Waals surface area contributed by atoms with Crippen LogP contribution in [0.15, 0.2) is 0 Å². The van der Waals surface area contributed by atoms with E-state index in [0.29, 0.717) is 19.4 Å². The van der Waals surface area contributed by atoms with Gasteiger partial charge in [-0.25, -0.2) is 4.79 Å². The van der Waals surface area contributed by atoms with Gasteiger partial charge in [0.15, 0.2) is 6.10 Å². The first-order chi connectivity index (χ1) is 9.04. The summed E-state index contributed by atoms with van der Waals surface area (Å²) in [5.41, 5.74) is -1.00. The van der Waals surface area contributed by atoms with Crippen molar-refractivity contribution in [3.8, 4) is 6.07 Å². The van der Waals surface area contributed by atoms with E-state index in [4.69, 9.17) is 4.74 Å². The summed E-state index contributed by atoms with van der Waals surface area (Å²) < 4.78 is 9.89. The maximum Gasteiger partial charge on any atom is 0.336 e. The van der Waals surface area contributed by atoms with Gasteiger partial charge in [0.1, 0.15) is 5.41 Å². The monoisotopic (exact) mass is 268 g/mol. The Morgan fingerprint density at radius 1 is 1.47 bits per heavy atom. The van der Waals surface area contributed by atoms with Gasteiger partial charge >= 0.3 is 5.97 Å². The van der Waals surface area contributed by atoms with Crippen LogP contribution < -0.4 is 0 Å². The molecule has 0 saturated carbocycles. The molecule has 1 aliphatic rings. The lowest BCUT2D eigenvalue weighted by atomic mass is 9.82. The lowest BCUT2D eigenvalue weighted by molar-refractivity contribution is -0.164. The van der Waals surface area contributed by atoms with Crippen LogP contribution in [-0.2, 0) is 19.1 Å². The van der Waals surface area contributed by atoms with Gasteiger partial charge in [-0.2, -0.15) is 5.26 Å². The number of amides is 1. The number of carbonyl (C=O) groups is 2. The molecule has 6 nitrogen and oxygen atoms in total. The van der Waals surface area contributed by atoms with Crippen LogP contribution in [-0.4, -0.2) is 49.7 Å². The van der Waals surface area contributed by atoms with Crippen LogP contribution in [0.1, 0.15) is 26.7 Å². The number of nitriles is 1. The van der Waals surface area contributed by atoms with E-state index in [1.165, 1.54) is 12.0 Å². The second kappa shape index (κ2) is 6.53. The summed E-state index contributed by atoms with van der Waals surface area (Å²) in [6.07, 6.45) is 0.158. The highest BCUT2D eigenvalue weighted by molar-refractivity contribution is 5.86. The van der Waals surface area contributed by atoms with Crippen LogP contribution >= 0.6 is 0 Å². The maximum atomic E-state index is 12.5. The van der Waals surface area contributed by atoms with Gasteiger partial charge in [-0.15, -0.1) is 0 Å². The predicted molar refractivity (Wildman–Crippen MR) is 67.0 cm³/mol. The van der Waals surface area contributed by atoms with Crippen LogP contribution in [0.2, 0.25) is 0 Å². The molecular formula is C13H20N2O4. The number of hydrogen-bond donors (Lipinski definition) is 0.